The van der Waals surface area contributed by atoms with E-state index in [1.54, 1.807) is 17.1 Å². The number of rotatable bonds is 3. The molecule has 0 spiro atoms. The van der Waals surface area contributed by atoms with Crippen LogP contribution in [-0.2, 0) is 21.2 Å². The maximum atomic E-state index is 12.3. The molecule has 104 valence electrons. The Morgan fingerprint density at radius 2 is 2.05 bits per heavy atom. The smallest absolute Gasteiger partial charge is 0.253 e. The summed E-state index contributed by atoms with van der Waals surface area (Å²) in [6.45, 7) is 3.11. The number of anilines is 1. The van der Waals surface area contributed by atoms with Gasteiger partial charge in [0.15, 0.2) is 0 Å². The molecule has 2 aliphatic heterocycles. The van der Waals surface area contributed by atoms with E-state index >= 15 is 0 Å². The van der Waals surface area contributed by atoms with Gasteiger partial charge in [-0.2, -0.15) is 0 Å². The summed E-state index contributed by atoms with van der Waals surface area (Å²) in [5.41, 5.74) is 2.09. The molecule has 1 aromatic carbocycles. The molecule has 1 aromatic rings. The van der Waals surface area contributed by atoms with Crippen LogP contribution in [0.25, 0.3) is 0 Å². The molecular formula is C12H17N3O3S. The van der Waals surface area contributed by atoms with Gasteiger partial charge in [0.05, 0.1) is 18.1 Å². The van der Waals surface area contributed by atoms with Crippen LogP contribution >= 0.6 is 0 Å². The molecule has 0 radical (unpaired) electrons. The number of hydrogen-bond donors (Lipinski definition) is 2. The van der Waals surface area contributed by atoms with Crippen molar-refractivity contribution in [1.29, 1.82) is 0 Å². The van der Waals surface area contributed by atoms with Gasteiger partial charge in [-0.05, 0) is 24.1 Å². The van der Waals surface area contributed by atoms with Crippen LogP contribution in [0.4, 0.5) is 5.69 Å². The van der Waals surface area contributed by atoms with Gasteiger partial charge >= 0.3 is 0 Å². The zero-order chi connectivity index (χ0) is 13.3. The minimum absolute atomic E-state index is 0.298. The van der Waals surface area contributed by atoms with Crippen molar-refractivity contribution in [3.05, 3.63) is 23.8 Å². The van der Waals surface area contributed by atoms with E-state index in [2.05, 4.69) is 10.1 Å². The molecule has 0 bridgehead atoms. The van der Waals surface area contributed by atoms with Crippen LogP contribution < -0.4 is 10.1 Å². The number of ether oxygens (including phenoxy) is 1. The van der Waals surface area contributed by atoms with Crippen molar-refractivity contribution in [2.75, 3.05) is 38.2 Å². The lowest BCUT2D eigenvalue weighted by Gasteiger charge is -2.26. The first-order valence-electron chi connectivity index (χ1n) is 6.37. The van der Waals surface area contributed by atoms with E-state index in [1.807, 2.05) is 6.07 Å². The molecule has 1 fully saturated rings. The Labute approximate surface area is 112 Å². The van der Waals surface area contributed by atoms with E-state index in [9.17, 15) is 8.42 Å². The molecule has 0 atom stereocenters. The molecule has 0 unspecified atom stereocenters. The normalized spacial score (nSPS) is 20.0. The van der Waals surface area contributed by atoms with Crippen LogP contribution in [0.5, 0.6) is 0 Å². The van der Waals surface area contributed by atoms with Crippen molar-refractivity contribution in [1.82, 2.24) is 9.84 Å². The van der Waals surface area contributed by atoms with Gasteiger partial charge in [-0.25, -0.2) is 13.4 Å². The highest BCUT2D eigenvalue weighted by Gasteiger charge is 2.22. The van der Waals surface area contributed by atoms with Crippen LogP contribution in [0.1, 0.15) is 5.56 Å². The number of nitrogens with one attached hydrogen (secondary N) is 2. The Balaban J connectivity index is 1.79. The minimum atomic E-state index is -3.50. The fourth-order valence-electron chi connectivity index (χ4n) is 2.31. The lowest BCUT2D eigenvalue weighted by atomic mass is 10.2. The van der Waals surface area contributed by atoms with Gasteiger partial charge in [0, 0.05) is 25.3 Å². The number of hydrazine groups is 1. The van der Waals surface area contributed by atoms with Gasteiger partial charge < -0.3 is 10.1 Å². The van der Waals surface area contributed by atoms with Crippen LogP contribution in [-0.4, -0.2) is 46.3 Å². The summed E-state index contributed by atoms with van der Waals surface area (Å²) in [7, 11) is -3.50. The summed E-state index contributed by atoms with van der Waals surface area (Å²) in [6, 6.07) is 5.24. The maximum absolute atomic E-state index is 12.3. The van der Waals surface area contributed by atoms with Gasteiger partial charge in [-0.3, -0.25) is 0 Å². The molecule has 3 rings (SSSR count). The Kier molecular flexibility index (Phi) is 3.44. The van der Waals surface area contributed by atoms with Crippen molar-refractivity contribution in [3.63, 3.8) is 0 Å². The monoisotopic (exact) mass is 283 g/mol. The Morgan fingerprint density at radius 3 is 2.84 bits per heavy atom. The second-order valence-electron chi connectivity index (χ2n) is 4.69. The first-order valence-corrected chi connectivity index (χ1v) is 7.85. The third-order valence-electron chi connectivity index (χ3n) is 3.36. The van der Waals surface area contributed by atoms with Crippen LogP contribution in [0, 0.1) is 0 Å². The predicted molar refractivity (Wildman–Crippen MR) is 71.3 cm³/mol. The van der Waals surface area contributed by atoms with Gasteiger partial charge in [0.1, 0.15) is 0 Å². The minimum Gasteiger partial charge on any atom is -0.384 e. The summed E-state index contributed by atoms with van der Waals surface area (Å²) in [4.78, 5) is 2.90. The molecule has 2 N–H and O–H groups in total. The molecule has 0 aliphatic carbocycles. The van der Waals surface area contributed by atoms with Crippen molar-refractivity contribution in [2.24, 2.45) is 0 Å². The van der Waals surface area contributed by atoms with Crippen LogP contribution in [0.3, 0.4) is 0 Å². The van der Waals surface area contributed by atoms with Gasteiger partial charge in [0.2, 0.25) is 0 Å². The van der Waals surface area contributed by atoms with E-state index in [1.165, 1.54) is 5.56 Å². The number of hydrogen-bond acceptors (Lipinski definition) is 5. The molecule has 7 heteroatoms. The summed E-state index contributed by atoms with van der Waals surface area (Å²) in [5.74, 6) is 0. The SMILES string of the molecule is O=S(=O)(NN1CCOCC1)c1ccc2c(c1)NCC2. The average molecular weight is 283 g/mol. The first kappa shape index (κ1) is 12.9. The Morgan fingerprint density at radius 1 is 1.26 bits per heavy atom. The van der Waals surface area contributed by atoms with E-state index in [0.717, 1.165) is 18.7 Å². The first-order chi connectivity index (χ1) is 9.15. The fourth-order valence-corrected chi connectivity index (χ4v) is 3.46. The highest BCUT2D eigenvalue weighted by atomic mass is 32.2. The maximum Gasteiger partial charge on any atom is 0.253 e. The second-order valence-corrected chi connectivity index (χ2v) is 6.35. The topological polar surface area (TPSA) is 70.7 Å². The standard InChI is InChI=1S/C12H17N3O3S/c16-19(17,14-15-5-7-18-8-6-15)11-2-1-10-3-4-13-12(10)9-11/h1-2,9,13-14H,3-8H2. The summed E-state index contributed by atoms with van der Waals surface area (Å²) in [6.07, 6.45) is 0.951. The van der Waals surface area contributed by atoms with Crippen molar-refractivity contribution in [3.8, 4) is 0 Å². The average Bonchev–Trinajstić information content (AvgIpc) is 2.86. The van der Waals surface area contributed by atoms with Crippen LogP contribution in [0.15, 0.2) is 23.1 Å². The summed E-state index contributed by atoms with van der Waals surface area (Å²) < 4.78 is 29.8. The number of morpholine rings is 1. The lowest BCUT2D eigenvalue weighted by Crippen LogP contribution is -2.48. The summed E-state index contributed by atoms with van der Waals surface area (Å²) >= 11 is 0. The fraction of sp³-hybridized carbons (Fsp3) is 0.500. The largest absolute Gasteiger partial charge is 0.384 e. The third kappa shape index (κ3) is 2.74. The highest BCUT2D eigenvalue weighted by Crippen LogP contribution is 2.25. The number of sulfonamides is 1. The Bertz CT molecular complexity index is 568. The van der Waals surface area contributed by atoms with E-state index in [4.69, 9.17) is 4.74 Å². The molecule has 2 aliphatic rings. The van der Waals surface area contributed by atoms with Crippen molar-refractivity contribution in [2.45, 2.75) is 11.3 Å². The Hall–Kier alpha value is -1.15. The van der Waals surface area contributed by atoms with Gasteiger partial charge in [-0.15, -0.1) is 4.83 Å². The zero-order valence-electron chi connectivity index (χ0n) is 10.6. The van der Waals surface area contributed by atoms with Gasteiger partial charge in [0.25, 0.3) is 10.0 Å². The molecule has 19 heavy (non-hydrogen) atoms. The molecular weight excluding hydrogens is 266 g/mol. The molecule has 0 saturated carbocycles. The van der Waals surface area contributed by atoms with E-state index in [-0.39, 0.29) is 0 Å². The second kappa shape index (κ2) is 5.09. The molecule has 0 aromatic heterocycles. The van der Waals surface area contributed by atoms with Crippen molar-refractivity contribution >= 4 is 15.7 Å². The zero-order valence-corrected chi connectivity index (χ0v) is 11.4. The van der Waals surface area contributed by atoms with E-state index in [0.29, 0.717) is 31.2 Å². The number of nitrogens with zero attached hydrogens (tertiary/aromatic N) is 1. The van der Waals surface area contributed by atoms with Crippen molar-refractivity contribution < 1.29 is 13.2 Å². The summed E-state index contributed by atoms with van der Waals surface area (Å²) in [5, 5.41) is 4.87. The molecule has 0 amide bonds. The van der Waals surface area contributed by atoms with Gasteiger partial charge in [-0.1, -0.05) is 6.07 Å². The quantitative estimate of drug-likeness (QED) is 0.828. The lowest BCUT2D eigenvalue weighted by molar-refractivity contribution is 0.0272. The molecule has 6 nitrogen and oxygen atoms in total. The predicted octanol–water partition coefficient (Wildman–Crippen LogP) is 0.180. The van der Waals surface area contributed by atoms with Crippen LogP contribution in [0.2, 0.25) is 0 Å². The molecule has 1 saturated heterocycles. The number of fused-ring (bicyclic) bond motifs is 1. The highest BCUT2D eigenvalue weighted by molar-refractivity contribution is 7.89. The third-order valence-corrected chi connectivity index (χ3v) is 4.73. The molecule has 2 heterocycles. The number of benzene rings is 1. The van der Waals surface area contributed by atoms with E-state index < -0.39 is 10.0 Å².